The van der Waals surface area contributed by atoms with Crippen LogP contribution in [0.4, 0.5) is 11.4 Å². The summed E-state index contributed by atoms with van der Waals surface area (Å²) in [6.45, 7) is 2.29. The van der Waals surface area contributed by atoms with Gasteiger partial charge < -0.3 is 10.0 Å². The molecule has 28 heavy (non-hydrogen) atoms. The van der Waals surface area contributed by atoms with Crippen LogP contribution in [0.5, 0.6) is 5.75 Å². The fourth-order valence-electron chi connectivity index (χ4n) is 3.69. The molecule has 0 bridgehead atoms. The van der Waals surface area contributed by atoms with E-state index >= 15 is 0 Å². The summed E-state index contributed by atoms with van der Waals surface area (Å²) in [5.41, 5.74) is 5.32. The van der Waals surface area contributed by atoms with Gasteiger partial charge in [-0.1, -0.05) is 36.4 Å². The largest absolute Gasteiger partial charge is 0.507 e. The van der Waals surface area contributed by atoms with Crippen LogP contribution in [0.2, 0.25) is 0 Å². The Morgan fingerprint density at radius 1 is 0.821 bits per heavy atom. The fraction of sp³-hybridized carbons (Fsp3) is 0.240. The summed E-state index contributed by atoms with van der Waals surface area (Å²) >= 11 is 0. The Morgan fingerprint density at radius 2 is 1.57 bits per heavy atom. The Hall–Kier alpha value is -3.07. The molecule has 0 saturated carbocycles. The van der Waals surface area contributed by atoms with Gasteiger partial charge in [-0.15, -0.1) is 0 Å². The van der Waals surface area contributed by atoms with Gasteiger partial charge in [0.2, 0.25) is 0 Å². The SMILES string of the molecule is Oc1ccc(Cc2ccccc2)cc1C=Nc1ccc(N2CCCCC2)cc1. The van der Waals surface area contributed by atoms with Crippen LogP contribution < -0.4 is 4.90 Å². The molecule has 4 rings (SSSR count). The molecule has 1 N–H and O–H groups in total. The van der Waals surface area contributed by atoms with E-state index in [-0.39, 0.29) is 5.75 Å². The molecule has 0 radical (unpaired) electrons. The molecule has 1 aliphatic heterocycles. The molecular weight excluding hydrogens is 344 g/mol. The van der Waals surface area contributed by atoms with E-state index in [0.717, 1.165) is 36.3 Å². The summed E-state index contributed by atoms with van der Waals surface area (Å²) in [6, 6.07) is 24.4. The summed E-state index contributed by atoms with van der Waals surface area (Å²) in [6.07, 6.45) is 6.48. The number of anilines is 1. The summed E-state index contributed by atoms with van der Waals surface area (Å²) in [5, 5.41) is 10.2. The third-order valence-corrected chi connectivity index (χ3v) is 5.27. The summed E-state index contributed by atoms with van der Waals surface area (Å²) < 4.78 is 0. The standard InChI is InChI=1S/C25H26N2O/c28-25-14-9-21(17-20-7-3-1-4-8-20)18-22(25)19-26-23-10-12-24(13-11-23)27-15-5-2-6-16-27/h1,3-4,7-14,18-19,28H,2,5-6,15-17H2. The predicted molar refractivity (Wildman–Crippen MR) is 117 cm³/mol. The quantitative estimate of drug-likeness (QED) is 0.583. The highest BCUT2D eigenvalue weighted by atomic mass is 16.3. The zero-order valence-corrected chi connectivity index (χ0v) is 16.1. The van der Waals surface area contributed by atoms with Gasteiger partial charge in [-0.2, -0.15) is 0 Å². The Morgan fingerprint density at radius 3 is 2.32 bits per heavy atom. The van der Waals surface area contributed by atoms with Gasteiger partial charge in [-0.05, 0) is 73.2 Å². The van der Waals surface area contributed by atoms with Gasteiger partial charge in [-0.25, -0.2) is 0 Å². The molecule has 0 atom stereocenters. The normalized spacial score (nSPS) is 14.5. The molecule has 3 heteroatoms. The monoisotopic (exact) mass is 370 g/mol. The molecule has 1 aliphatic rings. The lowest BCUT2D eigenvalue weighted by Crippen LogP contribution is -2.29. The molecule has 0 aliphatic carbocycles. The number of benzene rings is 3. The van der Waals surface area contributed by atoms with Crippen LogP contribution in [0.1, 0.15) is 36.0 Å². The first kappa shape index (κ1) is 18.3. The number of aliphatic imine (C=N–C) groups is 1. The molecule has 0 spiro atoms. The average molecular weight is 370 g/mol. The zero-order valence-electron chi connectivity index (χ0n) is 16.1. The molecule has 142 valence electrons. The van der Waals surface area contributed by atoms with Crippen molar-refractivity contribution in [2.24, 2.45) is 4.99 Å². The first-order chi connectivity index (χ1) is 13.8. The van der Waals surface area contributed by atoms with Crippen LogP contribution in [0, 0.1) is 0 Å². The minimum absolute atomic E-state index is 0.255. The zero-order chi connectivity index (χ0) is 19.2. The molecule has 0 amide bonds. The number of phenolic OH excluding ortho intramolecular Hbond substituents is 1. The number of hydrogen-bond acceptors (Lipinski definition) is 3. The van der Waals surface area contributed by atoms with Gasteiger partial charge >= 0.3 is 0 Å². The summed E-state index contributed by atoms with van der Waals surface area (Å²) in [5.74, 6) is 0.255. The number of nitrogens with zero attached hydrogens (tertiary/aromatic N) is 2. The summed E-state index contributed by atoms with van der Waals surface area (Å²) in [4.78, 5) is 7.01. The second-order valence-electron chi connectivity index (χ2n) is 7.38. The van der Waals surface area contributed by atoms with Crippen LogP contribution in [0.15, 0.2) is 77.8 Å². The smallest absolute Gasteiger partial charge is 0.124 e. The van der Waals surface area contributed by atoms with Crippen molar-refractivity contribution < 1.29 is 5.11 Å². The van der Waals surface area contributed by atoms with Crippen LogP contribution in [-0.2, 0) is 6.42 Å². The number of rotatable bonds is 5. The minimum Gasteiger partial charge on any atom is -0.507 e. The highest BCUT2D eigenvalue weighted by Crippen LogP contribution is 2.24. The number of phenols is 1. The van der Waals surface area contributed by atoms with E-state index < -0.39 is 0 Å². The minimum atomic E-state index is 0.255. The van der Waals surface area contributed by atoms with Crippen molar-refractivity contribution in [3.63, 3.8) is 0 Å². The molecule has 1 fully saturated rings. The third kappa shape index (κ3) is 4.61. The molecular formula is C25H26N2O. The van der Waals surface area contributed by atoms with Crippen LogP contribution in [-0.4, -0.2) is 24.4 Å². The van der Waals surface area contributed by atoms with Gasteiger partial charge in [0, 0.05) is 30.6 Å². The molecule has 3 aromatic rings. The van der Waals surface area contributed by atoms with Gasteiger partial charge in [-0.3, -0.25) is 4.99 Å². The van der Waals surface area contributed by atoms with E-state index in [4.69, 9.17) is 0 Å². The maximum atomic E-state index is 10.2. The van der Waals surface area contributed by atoms with Crippen molar-refractivity contribution >= 4 is 17.6 Å². The third-order valence-electron chi connectivity index (χ3n) is 5.27. The molecule has 0 aromatic heterocycles. The van der Waals surface area contributed by atoms with Crippen molar-refractivity contribution in [3.05, 3.63) is 89.5 Å². The first-order valence-electron chi connectivity index (χ1n) is 10.0. The molecule has 1 saturated heterocycles. The Kier molecular flexibility index (Phi) is 5.72. The molecule has 3 nitrogen and oxygen atoms in total. The lowest BCUT2D eigenvalue weighted by molar-refractivity contribution is 0.474. The molecule has 0 unspecified atom stereocenters. The van der Waals surface area contributed by atoms with Crippen LogP contribution in [0.25, 0.3) is 0 Å². The van der Waals surface area contributed by atoms with Crippen molar-refractivity contribution in [3.8, 4) is 5.75 Å². The Bertz CT molecular complexity index is 927. The van der Waals surface area contributed by atoms with E-state index in [1.54, 1.807) is 12.3 Å². The topological polar surface area (TPSA) is 35.8 Å². The molecule has 1 heterocycles. The number of hydrogen-bond donors (Lipinski definition) is 1. The Labute approximate surface area is 167 Å². The maximum Gasteiger partial charge on any atom is 0.124 e. The second kappa shape index (κ2) is 8.75. The van der Waals surface area contributed by atoms with E-state index in [9.17, 15) is 5.11 Å². The van der Waals surface area contributed by atoms with E-state index in [1.165, 1.54) is 30.5 Å². The number of aromatic hydroxyl groups is 1. The van der Waals surface area contributed by atoms with Gasteiger partial charge in [0.25, 0.3) is 0 Å². The van der Waals surface area contributed by atoms with Crippen molar-refractivity contribution in [2.45, 2.75) is 25.7 Å². The lowest BCUT2D eigenvalue weighted by atomic mass is 10.0. The lowest BCUT2D eigenvalue weighted by Gasteiger charge is -2.28. The van der Waals surface area contributed by atoms with Gasteiger partial charge in [0.15, 0.2) is 0 Å². The van der Waals surface area contributed by atoms with Gasteiger partial charge in [0.05, 0.1) is 5.69 Å². The van der Waals surface area contributed by atoms with E-state index in [1.807, 2.05) is 42.5 Å². The molecule has 3 aromatic carbocycles. The average Bonchev–Trinajstić information content (AvgIpc) is 2.76. The van der Waals surface area contributed by atoms with E-state index in [2.05, 4.69) is 34.2 Å². The highest BCUT2D eigenvalue weighted by molar-refractivity contribution is 5.85. The first-order valence-corrected chi connectivity index (χ1v) is 10.0. The Balaban J connectivity index is 1.47. The highest BCUT2D eigenvalue weighted by Gasteiger charge is 2.10. The predicted octanol–water partition coefficient (Wildman–Crippen LogP) is 5.72. The number of piperidine rings is 1. The van der Waals surface area contributed by atoms with Crippen molar-refractivity contribution in [2.75, 3.05) is 18.0 Å². The second-order valence-corrected chi connectivity index (χ2v) is 7.38. The van der Waals surface area contributed by atoms with Gasteiger partial charge in [0.1, 0.15) is 5.75 Å². The maximum absolute atomic E-state index is 10.2. The van der Waals surface area contributed by atoms with Crippen molar-refractivity contribution in [1.29, 1.82) is 0 Å². The van der Waals surface area contributed by atoms with Crippen LogP contribution >= 0.6 is 0 Å². The van der Waals surface area contributed by atoms with E-state index in [0.29, 0.717) is 0 Å². The fourth-order valence-corrected chi connectivity index (χ4v) is 3.69. The summed E-state index contributed by atoms with van der Waals surface area (Å²) in [7, 11) is 0. The van der Waals surface area contributed by atoms with Crippen LogP contribution in [0.3, 0.4) is 0 Å². The van der Waals surface area contributed by atoms with Crippen molar-refractivity contribution in [1.82, 2.24) is 0 Å².